The number of carbonyl (C=O) groups is 2. The molecular weight excluding hydrogens is 620 g/mol. The molecular formula is C32H33ClF4N2O6. The molecule has 3 unspecified atom stereocenters. The third-order valence-corrected chi connectivity index (χ3v) is 8.39. The first-order valence-electron chi connectivity index (χ1n) is 14.6. The minimum absolute atomic E-state index is 0.137. The fourth-order valence-corrected chi connectivity index (χ4v) is 6.12. The quantitative estimate of drug-likeness (QED) is 0.224. The molecule has 1 saturated carbocycles. The monoisotopic (exact) mass is 652 g/mol. The Hall–Kier alpha value is -3.93. The number of anilines is 2. The van der Waals surface area contributed by atoms with Gasteiger partial charge in [0.05, 0.1) is 25.3 Å². The highest BCUT2D eigenvalue weighted by Gasteiger charge is 2.40. The second-order valence-electron chi connectivity index (χ2n) is 11.2. The van der Waals surface area contributed by atoms with Gasteiger partial charge < -0.3 is 29.2 Å². The molecule has 2 aromatic carbocycles. The Kier molecular flexibility index (Phi) is 9.52. The van der Waals surface area contributed by atoms with Gasteiger partial charge in [0.2, 0.25) is 5.91 Å². The topological polar surface area (TPSA) is 86.3 Å². The summed E-state index contributed by atoms with van der Waals surface area (Å²) in [7, 11) is 1.49. The zero-order chi connectivity index (χ0) is 32.5. The lowest BCUT2D eigenvalue weighted by Gasteiger charge is -2.35. The summed E-state index contributed by atoms with van der Waals surface area (Å²) in [6.45, 7) is 4.10. The van der Waals surface area contributed by atoms with E-state index in [1.807, 2.05) is 19.1 Å². The van der Waals surface area contributed by atoms with E-state index in [1.165, 1.54) is 12.0 Å². The molecule has 45 heavy (non-hydrogen) atoms. The van der Waals surface area contributed by atoms with E-state index in [0.717, 1.165) is 12.1 Å². The summed E-state index contributed by atoms with van der Waals surface area (Å²) >= 11 is 6.23. The van der Waals surface area contributed by atoms with Gasteiger partial charge >= 0.3 is 12.3 Å². The van der Waals surface area contributed by atoms with E-state index in [0.29, 0.717) is 47.2 Å². The molecule has 3 aliphatic rings. The number of nitrogens with zero attached hydrogens (tertiary/aromatic N) is 1. The van der Waals surface area contributed by atoms with E-state index >= 15 is 0 Å². The Balaban J connectivity index is 1.42. The molecule has 2 aromatic rings. The summed E-state index contributed by atoms with van der Waals surface area (Å²) in [5.74, 6) is -2.79. The zero-order valence-electron chi connectivity index (χ0n) is 24.8. The Bertz CT molecular complexity index is 1510. The minimum Gasteiger partial charge on any atom is -0.497 e. The van der Waals surface area contributed by atoms with E-state index in [2.05, 4.69) is 10.1 Å². The van der Waals surface area contributed by atoms with Crippen molar-refractivity contribution in [3.05, 3.63) is 65.0 Å². The van der Waals surface area contributed by atoms with Crippen molar-refractivity contribution in [3.63, 3.8) is 0 Å². The molecule has 0 aromatic heterocycles. The maximum absolute atomic E-state index is 14.4. The number of methoxy groups -OCH3 is 1. The number of fused-ring (bicyclic) bond motifs is 1. The number of carbonyl (C=O) groups excluding carboxylic acids is 2. The van der Waals surface area contributed by atoms with Crippen LogP contribution in [0.4, 0.5) is 28.9 Å². The van der Waals surface area contributed by atoms with E-state index in [4.69, 9.17) is 25.8 Å². The highest BCUT2D eigenvalue weighted by atomic mass is 35.5. The van der Waals surface area contributed by atoms with Crippen molar-refractivity contribution < 1.29 is 46.1 Å². The first-order valence-corrected chi connectivity index (χ1v) is 15.0. The molecule has 0 saturated heterocycles. The predicted octanol–water partition coefficient (Wildman–Crippen LogP) is 6.77. The van der Waals surface area contributed by atoms with Crippen LogP contribution in [0.25, 0.3) is 0 Å². The van der Waals surface area contributed by atoms with Crippen LogP contribution in [0.2, 0.25) is 0 Å². The van der Waals surface area contributed by atoms with E-state index in [-0.39, 0.29) is 42.6 Å². The van der Waals surface area contributed by atoms with Gasteiger partial charge in [-0.05, 0) is 49.8 Å². The van der Waals surface area contributed by atoms with Crippen molar-refractivity contribution >= 4 is 34.9 Å². The fraction of sp³-hybridized carbons (Fsp3) is 0.438. The largest absolute Gasteiger partial charge is 0.573 e. The molecule has 0 bridgehead atoms. The van der Waals surface area contributed by atoms with Crippen LogP contribution >= 0.6 is 11.6 Å². The third kappa shape index (κ3) is 7.49. The van der Waals surface area contributed by atoms with Gasteiger partial charge in [-0.3, -0.25) is 9.59 Å². The molecule has 13 heteroatoms. The Morgan fingerprint density at radius 3 is 2.53 bits per heavy atom. The van der Waals surface area contributed by atoms with Gasteiger partial charge in [0, 0.05) is 47.4 Å². The van der Waals surface area contributed by atoms with Crippen LogP contribution in [0, 0.1) is 23.6 Å². The maximum Gasteiger partial charge on any atom is 0.573 e. The maximum atomic E-state index is 14.4. The molecule has 3 atom stereocenters. The average Bonchev–Trinajstić information content (AvgIpc) is 3.35. The molecule has 1 amide bonds. The number of rotatable bonds is 10. The molecule has 0 spiro atoms. The Labute approximate surface area is 262 Å². The van der Waals surface area contributed by atoms with E-state index in [1.54, 1.807) is 31.2 Å². The normalized spacial score (nSPS) is 22.9. The lowest BCUT2D eigenvalue weighted by molar-refractivity contribution is -0.275. The number of benzene rings is 2. The lowest BCUT2D eigenvalue weighted by atomic mass is 9.82. The fourth-order valence-electron chi connectivity index (χ4n) is 5.85. The number of ether oxygens (including phenoxy) is 4. The summed E-state index contributed by atoms with van der Waals surface area (Å²) in [4.78, 5) is 27.6. The first kappa shape index (κ1) is 32.5. The molecule has 1 aliphatic heterocycles. The van der Waals surface area contributed by atoms with E-state index in [9.17, 15) is 27.2 Å². The average molecular weight is 653 g/mol. The van der Waals surface area contributed by atoms with Crippen LogP contribution in [0.5, 0.6) is 17.2 Å². The number of allylic oxidation sites excluding steroid dienone is 3. The minimum atomic E-state index is -5.11. The van der Waals surface area contributed by atoms with Crippen LogP contribution < -0.4 is 24.4 Å². The number of halogens is 5. The van der Waals surface area contributed by atoms with Gasteiger partial charge in [-0.25, -0.2) is 4.39 Å². The second kappa shape index (κ2) is 13.2. The molecule has 1 heterocycles. The molecule has 5 rings (SSSR count). The number of nitrogens with one attached hydrogen (secondary N) is 1. The zero-order valence-corrected chi connectivity index (χ0v) is 25.6. The van der Waals surface area contributed by atoms with Crippen molar-refractivity contribution in [3.8, 4) is 17.2 Å². The Morgan fingerprint density at radius 1 is 1.13 bits per heavy atom. The highest BCUT2D eigenvalue weighted by Crippen LogP contribution is 2.39. The van der Waals surface area contributed by atoms with Crippen LogP contribution in [0.3, 0.4) is 0 Å². The van der Waals surface area contributed by atoms with Crippen molar-refractivity contribution in [2.24, 2.45) is 17.8 Å². The highest BCUT2D eigenvalue weighted by molar-refractivity contribution is 6.31. The standard InChI is InChI=1S/C32H33ClF4N2O6/c1-4-43-31(41)19-10-23(11-19)44-24-14-21(13-22(15-24)42-3)38-29(25-6-5-20(33)9-17(25)2)30(40)39-8-7-18-12-26(34)28(16-27(18)39)45-32(35,36)37/h5-6,9,12-17,19,23,25,29,38H,4,7-8,10-11H2,1-3H3. The van der Waals surface area contributed by atoms with Crippen LogP contribution in [-0.4, -0.2) is 50.6 Å². The number of hydrogen-bond donors (Lipinski definition) is 1. The second-order valence-corrected chi connectivity index (χ2v) is 11.7. The van der Waals surface area contributed by atoms with Gasteiger partial charge in [-0.2, -0.15) is 0 Å². The van der Waals surface area contributed by atoms with Gasteiger partial charge in [0.15, 0.2) is 11.6 Å². The van der Waals surface area contributed by atoms with Gasteiger partial charge in [-0.1, -0.05) is 30.7 Å². The van der Waals surface area contributed by atoms with Crippen molar-refractivity contribution in [1.29, 1.82) is 0 Å². The predicted molar refractivity (Wildman–Crippen MR) is 159 cm³/mol. The summed E-state index contributed by atoms with van der Waals surface area (Å²) in [5.41, 5.74) is 1.03. The summed E-state index contributed by atoms with van der Waals surface area (Å²) in [6.07, 6.45) is 1.26. The van der Waals surface area contributed by atoms with Gasteiger partial charge in [-0.15, -0.1) is 13.2 Å². The number of alkyl halides is 3. The van der Waals surface area contributed by atoms with Crippen LogP contribution in [-0.2, 0) is 20.7 Å². The summed E-state index contributed by atoms with van der Waals surface area (Å²) in [6, 6.07) is 6.06. The molecule has 1 N–H and O–H groups in total. The van der Waals surface area contributed by atoms with Crippen LogP contribution in [0.1, 0.15) is 32.3 Å². The first-order chi connectivity index (χ1) is 21.3. The molecule has 0 radical (unpaired) electrons. The summed E-state index contributed by atoms with van der Waals surface area (Å²) < 4.78 is 73.9. The van der Waals surface area contributed by atoms with Crippen molar-refractivity contribution in [2.45, 2.75) is 51.6 Å². The van der Waals surface area contributed by atoms with E-state index < -0.39 is 35.8 Å². The summed E-state index contributed by atoms with van der Waals surface area (Å²) in [5, 5.41) is 3.81. The van der Waals surface area contributed by atoms with Crippen molar-refractivity contribution in [2.75, 3.05) is 30.5 Å². The molecule has 8 nitrogen and oxygen atoms in total. The Morgan fingerprint density at radius 2 is 1.87 bits per heavy atom. The molecule has 2 aliphatic carbocycles. The molecule has 242 valence electrons. The number of hydrogen-bond acceptors (Lipinski definition) is 7. The van der Waals surface area contributed by atoms with Crippen LogP contribution in [0.15, 0.2) is 53.6 Å². The lowest BCUT2D eigenvalue weighted by Crippen LogP contribution is -2.48. The number of amides is 1. The molecule has 1 fully saturated rings. The SMILES string of the molecule is CCOC(=O)C1CC(Oc2cc(NC(C(=O)N3CCc4cc(F)c(OC(F)(F)F)cc43)C3C=CC(Cl)=CC3C)cc(OC)c2)C1. The third-order valence-electron chi connectivity index (χ3n) is 8.13. The smallest absolute Gasteiger partial charge is 0.497 e. The van der Waals surface area contributed by atoms with Crippen molar-refractivity contribution in [1.82, 2.24) is 0 Å². The number of esters is 1. The van der Waals surface area contributed by atoms with Gasteiger partial charge in [0.1, 0.15) is 23.6 Å². The van der Waals surface area contributed by atoms with Gasteiger partial charge in [0.25, 0.3) is 0 Å².